The van der Waals surface area contributed by atoms with Crippen LogP contribution in [-0.2, 0) is 0 Å². The highest BCUT2D eigenvalue weighted by molar-refractivity contribution is 6.06. The third-order valence-corrected chi connectivity index (χ3v) is 3.25. The number of terminal acetylenes is 1. The largest absolute Gasteiger partial charge is 0.490 e. The standard InChI is InChI=1S/C17H12F2O3/c1-3-9-21-13-8-6-11-10-5-7-12(20-4-2)14(18)16(10)22-17(11)15(13)19/h2,5-8H,3,9H2,1H3. The van der Waals surface area contributed by atoms with E-state index in [4.69, 9.17) is 20.3 Å². The summed E-state index contributed by atoms with van der Waals surface area (Å²) in [5.74, 6) is -1.48. The number of rotatable bonds is 4. The molecule has 0 atom stereocenters. The van der Waals surface area contributed by atoms with Gasteiger partial charge in [0.1, 0.15) is 6.11 Å². The molecule has 0 aliphatic carbocycles. The Morgan fingerprint density at radius 3 is 2.23 bits per heavy atom. The molecule has 0 fully saturated rings. The predicted octanol–water partition coefficient (Wildman–Crippen LogP) is 4.62. The molecule has 1 heterocycles. The third kappa shape index (κ3) is 2.13. The maximum absolute atomic E-state index is 14.4. The fraction of sp³-hybridized carbons (Fsp3) is 0.176. The number of furan rings is 1. The average Bonchev–Trinajstić information content (AvgIpc) is 2.90. The van der Waals surface area contributed by atoms with Crippen LogP contribution in [0.2, 0.25) is 0 Å². The van der Waals surface area contributed by atoms with E-state index in [1.807, 2.05) is 13.0 Å². The molecule has 3 aromatic rings. The second-order valence-corrected chi connectivity index (χ2v) is 4.68. The van der Waals surface area contributed by atoms with Crippen LogP contribution in [0.1, 0.15) is 13.3 Å². The molecule has 3 nitrogen and oxygen atoms in total. The Morgan fingerprint density at radius 1 is 1.05 bits per heavy atom. The van der Waals surface area contributed by atoms with Crippen molar-refractivity contribution in [1.82, 2.24) is 0 Å². The quantitative estimate of drug-likeness (QED) is 0.659. The Bertz CT molecular complexity index is 890. The molecule has 5 heteroatoms. The zero-order chi connectivity index (χ0) is 15.7. The van der Waals surface area contributed by atoms with Gasteiger partial charge < -0.3 is 13.9 Å². The first kappa shape index (κ1) is 14.2. The summed E-state index contributed by atoms with van der Waals surface area (Å²) in [6, 6.07) is 6.09. The number of hydrogen-bond acceptors (Lipinski definition) is 3. The van der Waals surface area contributed by atoms with E-state index in [0.29, 0.717) is 17.4 Å². The Labute approximate surface area is 125 Å². The van der Waals surface area contributed by atoms with E-state index in [1.165, 1.54) is 12.1 Å². The van der Waals surface area contributed by atoms with Gasteiger partial charge in [-0.2, -0.15) is 8.78 Å². The highest BCUT2D eigenvalue weighted by Crippen LogP contribution is 2.37. The Balaban J connectivity index is 2.22. The van der Waals surface area contributed by atoms with Gasteiger partial charge in [0, 0.05) is 10.8 Å². The molecule has 0 radical (unpaired) electrons. The molecular formula is C17H12F2O3. The zero-order valence-corrected chi connectivity index (χ0v) is 11.8. The van der Waals surface area contributed by atoms with Crippen LogP contribution < -0.4 is 9.47 Å². The predicted molar refractivity (Wildman–Crippen MR) is 78.9 cm³/mol. The van der Waals surface area contributed by atoms with Crippen molar-refractivity contribution < 1.29 is 22.7 Å². The van der Waals surface area contributed by atoms with Gasteiger partial charge in [-0.25, -0.2) is 0 Å². The van der Waals surface area contributed by atoms with Crippen molar-refractivity contribution in [3.63, 3.8) is 0 Å². The minimum Gasteiger partial charge on any atom is -0.490 e. The average molecular weight is 302 g/mol. The third-order valence-electron chi connectivity index (χ3n) is 3.25. The van der Waals surface area contributed by atoms with E-state index in [-0.39, 0.29) is 22.7 Å². The Kier molecular flexibility index (Phi) is 3.60. The van der Waals surface area contributed by atoms with Gasteiger partial charge in [0.05, 0.1) is 6.61 Å². The lowest BCUT2D eigenvalue weighted by atomic mass is 10.1. The van der Waals surface area contributed by atoms with E-state index >= 15 is 0 Å². The minimum absolute atomic E-state index is 0.0552. The summed E-state index contributed by atoms with van der Waals surface area (Å²) >= 11 is 0. The summed E-state index contributed by atoms with van der Waals surface area (Å²) in [6.45, 7) is 2.30. The molecule has 0 spiro atoms. The highest BCUT2D eigenvalue weighted by atomic mass is 19.1. The molecule has 0 N–H and O–H groups in total. The van der Waals surface area contributed by atoms with Crippen LogP contribution in [0.4, 0.5) is 8.78 Å². The second kappa shape index (κ2) is 5.57. The smallest absolute Gasteiger partial charge is 0.209 e. The van der Waals surface area contributed by atoms with E-state index in [1.54, 1.807) is 12.1 Å². The normalized spacial score (nSPS) is 10.8. The second-order valence-electron chi connectivity index (χ2n) is 4.68. The van der Waals surface area contributed by atoms with Crippen LogP contribution in [0.5, 0.6) is 11.5 Å². The fourth-order valence-corrected chi connectivity index (χ4v) is 2.27. The summed E-state index contributed by atoms with van der Waals surface area (Å²) in [4.78, 5) is 0. The summed E-state index contributed by atoms with van der Waals surface area (Å²) in [7, 11) is 0. The van der Waals surface area contributed by atoms with Gasteiger partial charge in [-0.15, -0.1) is 0 Å². The number of ether oxygens (including phenoxy) is 2. The molecule has 2 aromatic carbocycles. The molecule has 0 aliphatic heterocycles. The molecule has 0 saturated carbocycles. The van der Waals surface area contributed by atoms with Crippen molar-refractivity contribution in [1.29, 1.82) is 0 Å². The number of hydrogen-bond donors (Lipinski definition) is 0. The maximum atomic E-state index is 14.4. The SMILES string of the molecule is C#COc1ccc2c(oc3c(F)c(OCCC)ccc32)c1F. The summed E-state index contributed by atoms with van der Waals surface area (Å²) in [5.41, 5.74) is -0.158. The van der Waals surface area contributed by atoms with Crippen molar-refractivity contribution in [3.05, 3.63) is 35.9 Å². The van der Waals surface area contributed by atoms with Crippen LogP contribution in [0.25, 0.3) is 21.9 Å². The lowest BCUT2D eigenvalue weighted by molar-refractivity contribution is 0.301. The van der Waals surface area contributed by atoms with Crippen molar-refractivity contribution in [2.24, 2.45) is 0 Å². The number of benzene rings is 2. The van der Waals surface area contributed by atoms with Crippen molar-refractivity contribution in [2.45, 2.75) is 13.3 Å². The van der Waals surface area contributed by atoms with Gasteiger partial charge in [0.25, 0.3) is 0 Å². The van der Waals surface area contributed by atoms with E-state index in [2.05, 4.69) is 0 Å². The van der Waals surface area contributed by atoms with Gasteiger partial charge >= 0.3 is 0 Å². The first-order valence-corrected chi connectivity index (χ1v) is 6.75. The highest BCUT2D eigenvalue weighted by Gasteiger charge is 2.19. The Morgan fingerprint density at radius 2 is 1.64 bits per heavy atom. The summed E-state index contributed by atoms with van der Waals surface area (Å²) in [6.07, 6.45) is 7.63. The molecule has 1 aromatic heterocycles. The molecule has 0 aliphatic rings. The summed E-state index contributed by atoms with van der Waals surface area (Å²) in [5, 5.41) is 0.903. The molecule has 112 valence electrons. The zero-order valence-electron chi connectivity index (χ0n) is 11.8. The van der Waals surface area contributed by atoms with E-state index < -0.39 is 11.6 Å². The van der Waals surface area contributed by atoms with Crippen LogP contribution in [0.15, 0.2) is 28.7 Å². The number of halogens is 2. The molecule has 0 unspecified atom stereocenters. The first-order valence-electron chi connectivity index (χ1n) is 6.75. The maximum Gasteiger partial charge on any atom is 0.209 e. The van der Waals surface area contributed by atoms with Crippen LogP contribution >= 0.6 is 0 Å². The summed E-state index contributed by atoms with van der Waals surface area (Å²) < 4.78 is 44.0. The van der Waals surface area contributed by atoms with E-state index in [0.717, 1.165) is 6.42 Å². The molecule has 0 amide bonds. The lowest BCUT2D eigenvalue weighted by Crippen LogP contribution is -1.97. The van der Waals surface area contributed by atoms with Crippen molar-refractivity contribution >= 4 is 21.9 Å². The Hall–Kier alpha value is -2.74. The van der Waals surface area contributed by atoms with E-state index in [9.17, 15) is 8.78 Å². The van der Waals surface area contributed by atoms with Gasteiger partial charge in [0.2, 0.25) is 11.6 Å². The fourth-order valence-electron chi connectivity index (χ4n) is 2.27. The minimum atomic E-state index is -0.762. The lowest BCUT2D eigenvalue weighted by Gasteiger charge is -2.05. The monoisotopic (exact) mass is 302 g/mol. The molecular weight excluding hydrogens is 290 g/mol. The topological polar surface area (TPSA) is 31.6 Å². The van der Waals surface area contributed by atoms with Crippen LogP contribution in [0.3, 0.4) is 0 Å². The van der Waals surface area contributed by atoms with Gasteiger partial charge in [-0.3, -0.25) is 0 Å². The first-order chi connectivity index (χ1) is 10.7. The molecule has 0 saturated heterocycles. The number of fused-ring (bicyclic) bond motifs is 3. The van der Waals surface area contributed by atoms with Gasteiger partial charge in [-0.1, -0.05) is 13.3 Å². The molecule has 0 bridgehead atoms. The van der Waals surface area contributed by atoms with Crippen molar-refractivity contribution in [2.75, 3.05) is 6.61 Å². The van der Waals surface area contributed by atoms with Crippen LogP contribution in [-0.4, -0.2) is 6.61 Å². The van der Waals surface area contributed by atoms with Crippen molar-refractivity contribution in [3.8, 4) is 24.0 Å². The van der Waals surface area contributed by atoms with Crippen LogP contribution in [0, 0.1) is 24.2 Å². The van der Waals surface area contributed by atoms with Gasteiger partial charge in [-0.05, 0) is 30.7 Å². The molecule has 3 rings (SSSR count). The van der Waals surface area contributed by atoms with Gasteiger partial charge in [0.15, 0.2) is 22.7 Å². The molecule has 22 heavy (non-hydrogen) atoms.